The van der Waals surface area contributed by atoms with Crippen LogP contribution >= 0.6 is 11.8 Å². The van der Waals surface area contributed by atoms with E-state index in [2.05, 4.69) is 34.6 Å². The number of carbonyl (C=O) groups is 1. The van der Waals surface area contributed by atoms with Crippen molar-refractivity contribution in [2.75, 3.05) is 26.0 Å². The van der Waals surface area contributed by atoms with Crippen LogP contribution in [0.25, 0.3) is 17.1 Å². The molecule has 39 heavy (non-hydrogen) atoms. The standard InChI is InChI=1S/C29H32N6O3S/c1-5-34(6-2)24-12-11-22(26(36)17-24)18-30-31-27(37)19-39-29-33-32-28(21-9-7-20(3)8-10-21)35(29)23-13-15-25(38-4)16-14-23/h7-18,36H,5-6,19H2,1-4H3,(H,31,37)/b30-18+. The summed E-state index contributed by atoms with van der Waals surface area (Å²) in [5, 5.41) is 25.8. The fraction of sp³-hybridized carbons (Fsp3) is 0.241. The van der Waals surface area contributed by atoms with Crippen molar-refractivity contribution in [1.82, 2.24) is 20.2 Å². The molecule has 4 rings (SSSR count). The van der Waals surface area contributed by atoms with Gasteiger partial charge in [-0.05, 0) is 68.8 Å². The summed E-state index contributed by atoms with van der Waals surface area (Å²) in [4.78, 5) is 13.8. The van der Waals surface area contributed by atoms with Gasteiger partial charge in [0.05, 0.1) is 32.2 Å². The van der Waals surface area contributed by atoms with Crippen LogP contribution in [0.1, 0.15) is 25.0 Å². The number of amides is 1. The van der Waals surface area contributed by atoms with Gasteiger partial charge in [-0.15, -0.1) is 10.2 Å². The lowest BCUT2D eigenvalue weighted by Gasteiger charge is -2.18. The second-order valence-corrected chi connectivity index (χ2v) is 9.79. The molecule has 0 aliphatic carbocycles. The zero-order valence-corrected chi connectivity index (χ0v) is 23.3. The van der Waals surface area contributed by atoms with E-state index < -0.39 is 0 Å². The summed E-state index contributed by atoms with van der Waals surface area (Å²) in [5.41, 5.74) is 6.76. The van der Waals surface area contributed by atoms with Gasteiger partial charge in [0.25, 0.3) is 5.91 Å². The highest BCUT2D eigenvalue weighted by Gasteiger charge is 2.17. The van der Waals surface area contributed by atoms with Crippen molar-refractivity contribution >= 4 is 29.6 Å². The van der Waals surface area contributed by atoms with Gasteiger partial charge in [0.15, 0.2) is 11.0 Å². The Bertz CT molecular complexity index is 1430. The minimum absolute atomic E-state index is 0.0635. The lowest BCUT2D eigenvalue weighted by Crippen LogP contribution is -3.06. The van der Waals surface area contributed by atoms with Crippen molar-refractivity contribution in [2.45, 2.75) is 25.9 Å². The largest absolute Gasteiger partial charge is 0.872 e. The predicted octanol–water partition coefficient (Wildman–Crippen LogP) is 3.12. The first-order valence-electron chi connectivity index (χ1n) is 12.7. The number of methoxy groups -OCH3 is 1. The zero-order valence-electron chi connectivity index (χ0n) is 22.5. The number of hydrogen-bond donors (Lipinski definition) is 2. The summed E-state index contributed by atoms with van der Waals surface area (Å²) in [6.07, 6.45) is 1.38. The fourth-order valence-corrected chi connectivity index (χ4v) is 4.82. The Morgan fingerprint density at radius 3 is 2.44 bits per heavy atom. The maximum atomic E-state index is 12.6. The van der Waals surface area contributed by atoms with Crippen molar-refractivity contribution in [3.8, 4) is 28.6 Å². The number of nitrogens with zero attached hydrogens (tertiary/aromatic N) is 4. The first kappa shape index (κ1) is 27.9. The zero-order chi connectivity index (χ0) is 27.8. The van der Waals surface area contributed by atoms with Crippen LogP contribution in [0.15, 0.2) is 77.0 Å². The molecule has 1 aromatic heterocycles. The van der Waals surface area contributed by atoms with Gasteiger partial charge < -0.3 is 14.7 Å². The van der Waals surface area contributed by atoms with Gasteiger partial charge in [-0.3, -0.25) is 9.36 Å². The molecule has 0 saturated heterocycles. The van der Waals surface area contributed by atoms with Crippen LogP contribution in [-0.2, 0) is 4.79 Å². The molecule has 2 N–H and O–H groups in total. The number of benzene rings is 3. The molecular formula is C29H32N6O3S. The summed E-state index contributed by atoms with van der Waals surface area (Å²) in [7, 11) is 1.62. The molecule has 10 heteroatoms. The number of nitrogens with one attached hydrogen (secondary N) is 2. The highest BCUT2D eigenvalue weighted by molar-refractivity contribution is 7.99. The molecule has 0 unspecified atom stereocenters. The van der Waals surface area contributed by atoms with Crippen LogP contribution in [0, 0.1) is 6.92 Å². The van der Waals surface area contributed by atoms with Gasteiger partial charge in [0.1, 0.15) is 11.4 Å². The Hall–Kier alpha value is -4.15. The van der Waals surface area contributed by atoms with E-state index in [0.29, 0.717) is 16.5 Å². The molecular weight excluding hydrogens is 512 g/mol. The molecule has 0 bridgehead atoms. The molecule has 0 aliphatic heterocycles. The number of hydrogen-bond acceptors (Lipinski definition) is 7. The van der Waals surface area contributed by atoms with E-state index in [1.807, 2.05) is 66.1 Å². The fourth-order valence-electron chi connectivity index (χ4n) is 4.07. The SMILES string of the molecule is CC[NH+](CC)c1ccc(/C=N/NC(=O)CSc2nnc(-c3ccc(C)cc3)n2-c2ccc(OC)cc2)c([O-])c1. The van der Waals surface area contributed by atoms with Crippen molar-refractivity contribution in [3.63, 3.8) is 0 Å². The maximum Gasteiger partial charge on any atom is 0.250 e. The molecule has 0 radical (unpaired) electrons. The summed E-state index contributed by atoms with van der Waals surface area (Å²) in [6, 6.07) is 20.9. The van der Waals surface area contributed by atoms with Gasteiger partial charge in [-0.25, -0.2) is 5.43 Å². The average molecular weight is 545 g/mol. The molecule has 1 heterocycles. The van der Waals surface area contributed by atoms with Crippen LogP contribution in [0.3, 0.4) is 0 Å². The second kappa shape index (κ2) is 13.1. The molecule has 0 fully saturated rings. The van der Waals surface area contributed by atoms with Crippen molar-refractivity contribution in [2.24, 2.45) is 5.10 Å². The van der Waals surface area contributed by atoms with Crippen LogP contribution in [0.4, 0.5) is 5.69 Å². The van der Waals surface area contributed by atoms with Gasteiger partial charge in [-0.2, -0.15) is 5.10 Å². The van der Waals surface area contributed by atoms with Gasteiger partial charge in [0, 0.05) is 11.3 Å². The number of carbonyl (C=O) groups excluding carboxylic acids is 1. The van der Waals surface area contributed by atoms with E-state index in [1.54, 1.807) is 19.2 Å². The van der Waals surface area contributed by atoms with Crippen LogP contribution < -0.4 is 20.2 Å². The number of ether oxygens (including phenoxy) is 1. The predicted molar refractivity (Wildman–Crippen MR) is 152 cm³/mol. The third-order valence-electron chi connectivity index (χ3n) is 6.27. The minimum atomic E-state index is -0.325. The Balaban J connectivity index is 1.47. The lowest BCUT2D eigenvalue weighted by molar-refractivity contribution is -0.828. The monoisotopic (exact) mass is 544 g/mol. The van der Waals surface area contributed by atoms with E-state index >= 15 is 0 Å². The molecule has 1 amide bonds. The second-order valence-electron chi connectivity index (χ2n) is 8.85. The quantitative estimate of drug-likeness (QED) is 0.171. The van der Waals surface area contributed by atoms with Gasteiger partial charge in [-0.1, -0.05) is 47.3 Å². The Kier molecular flexibility index (Phi) is 9.35. The summed E-state index contributed by atoms with van der Waals surface area (Å²) in [5.74, 6) is 1.01. The summed E-state index contributed by atoms with van der Waals surface area (Å²) in [6.45, 7) is 7.98. The van der Waals surface area contributed by atoms with E-state index in [4.69, 9.17) is 4.74 Å². The van der Waals surface area contributed by atoms with Crippen molar-refractivity contribution in [1.29, 1.82) is 0 Å². The minimum Gasteiger partial charge on any atom is -0.872 e. The van der Waals surface area contributed by atoms with Gasteiger partial charge >= 0.3 is 0 Å². The molecule has 0 aliphatic rings. The molecule has 0 atom stereocenters. The number of quaternary nitrogens is 1. The third kappa shape index (κ3) is 6.84. The average Bonchev–Trinajstić information content (AvgIpc) is 3.38. The molecule has 0 spiro atoms. The first-order chi connectivity index (χ1) is 18.9. The summed E-state index contributed by atoms with van der Waals surface area (Å²) < 4.78 is 7.21. The molecule has 202 valence electrons. The van der Waals surface area contributed by atoms with Crippen LogP contribution in [-0.4, -0.2) is 52.8 Å². The smallest absolute Gasteiger partial charge is 0.250 e. The Labute approximate surface area is 232 Å². The Morgan fingerprint density at radius 2 is 1.79 bits per heavy atom. The molecule has 9 nitrogen and oxygen atoms in total. The first-order valence-corrected chi connectivity index (χ1v) is 13.7. The molecule has 3 aromatic carbocycles. The van der Waals surface area contributed by atoms with Gasteiger partial charge in [0.2, 0.25) is 0 Å². The molecule has 0 saturated carbocycles. The number of rotatable bonds is 11. The topological polar surface area (TPSA) is 109 Å². The van der Waals surface area contributed by atoms with E-state index in [0.717, 1.165) is 41.3 Å². The summed E-state index contributed by atoms with van der Waals surface area (Å²) >= 11 is 1.25. The third-order valence-corrected chi connectivity index (χ3v) is 7.20. The number of aromatic nitrogens is 3. The number of aryl methyl sites for hydroxylation is 1. The Morgan fingerprint density at radius 1 is 1.08 bits per heavy atom. The number of hydrazone groups is 1. The normalized spacial score (nSPS) is 11.3. The van der Waals surface area contributed by atoms with Crippen molar-refractivity contribution in [3.05, 3.63) is 77.9 Å². The molecule has 4 aromatic rings. The lowest BCUT2D eigenvalue weighted by atomic mass is 10.1. The van der Waals surface area contributed by atoms with E-state index in [1.165, 1.54) is 22.9 Å². The van der Waals surface area contributed by atoms with Crippen LogP contribution in [0.5, 0.6) is 11.5 Å². The number of thioether (sulfide) groups is 1. The maximum absolute atomic E-state index is 12.6. The van der Waals surface area contributed by atoms with E-state index in [-0.39, 0.29) is 17.4 Å². The highest BCUT2D eigenvalue weighted by atomic mass is 32.2. The van der Waals surface area contributed by atoms with E-state index in [9.17, 15) is 9.90 Å². The highest BCUT2D eigenvalue weighted by Crippen LogP contribution is 2.29. The van der Waals surface area contributed by atoms with Crippen molar-refractivity contribution < 1.29 is 19.5 Å². The van der Waals surface area contributed by atoms with Crippen LogP contribution in [0.2, 0.25) is 0 Å².